The molecule has 17 heavy (non-hydrogen) atoms. The Balaban J connectivity index is 3.20. The average Bonchev–Trinajstić information content (AvgIpc) is 2.35. The van der Waals surface area contributed by atoms with Crippen molar-refractivity contribution in [1.29, 1.82) is 0 Å². The first-order valence-electron chi connectivity index (χ1n) is 7.07. The van der Waals surface area contributed by atoms with Crippen molar-refractivity contribution in [3.63, 3.8) is 0 Å². The third-order valence-electron chi connectivity index (χ3n) is 2.80. The van der Waals surface area contributed by atoms with Crippen LogP contribution in [0.1, 0.15) is 52.4 Å². The summed E-state index contributed by atoms with van der Waals surface area (Å²) < 4.78 is 0. The third kappa shape index (κ3) is 11.5. The number of hydrogen-bond acceptors (Lipinski definition) is 2. The molecule has 0 unspecified atom stereocenters. The van der Waals surface area contributed by atoms with E-state index in [9.17, 15) is 0 Å². The molecule has 0 aromatic carbocycles. The van der Waals surface area contributed by atoms with Crippen LogP contribution in [0.25, 0.3) is 0 Å². The fourth-order valence-corrected chi connectivity index (χ4v) is 1.78. The molecule has 0 aliphatic rings. The molecular formula is C15H30N2. The lowest BCUT2D eigenvalue weighted by atomic mass is 10.1. The Morgan fingerprint density at radius 1 is 1.06 bits per heavy atom. The van der Waals surface area contributed by atoms with Crippen molar-refractivity contribution in [3.05, 3.63) is 25.1 Å². The zero-order valence-corrected chi connectivity index (χ0v) is 11.8. The summed E-state index contributed by atoms with van der Waals surface area (Å²) in [6, 6.07) is 0. The first-order chi connectivity index (χ1) is 8.35. The van der Waals surface area contributed by atoms with Gasteiger partial charge in [-0.25, -0.2) is 0 Å². The van der Waals surface area contributed by atoms with Gasteiger partial charge in [-0.05, 0) is 45.3 Å². The average molecular weight is 238 g/mol. The second-order valence-electron chi connectivity index (χ2n) is 4.42. The van der Waals surface area contributed by atoms with Gasteiger partial charge in [0.15, 0.2) is 0 Å². The van der Waals surface area contributed by atoms with Gasteiger partial charge in [0.05, 0.1) is 0 Å². The number of rotatable bonds is 12. The van der Waals surface area contributed by atoms with Crippen LogP contribution in [-0.2, 0) is 0 Å². The standard InChI is InChI=1S/C15H30N2/c1-4-7-8-9-10-12-16-13-11-15-17(6-3)14-5-2/h5-6,14,16H,3-4,7-13,15H2,1-2H3/b14-5-. The highest BCUT2D eigenvalue weighted by molar-refractivity contribution is 4.85. The zero-order chi connectivity index (χ0) is 12.8. The van der Waals surface area contributed by atoms with Gasteiger partial charge < -0.3 is 10.2 Å². The van der Waals surface area contributed by atoms with Crippen molar-refractivity contribution in [2.45, 2.75) is 52.4 Å². The van der Waals surface area contributed by atoms with Crippen LogP contribution in [0, 0.1) is 0 Å². The first kappa shape index (κ1) is 16.2. The van der Waals surface area contributed by atoms with E-state index in [1.807, 2.05) is 19.2 Å². The summed E-state index contributed by atoms with van der Waals surface area (Å²) in [6.45, 7) is 11.4. The molecule has 0 saturated heterocycles. The monoisotopic (exact) mass is 238 g/mol. The highest BCUT2D eigenvalue weighted by Crippen LogP contribution is 2.01. The Morgan fingerprint density at radius 2 is 1.76 bits per heavy atom. The van der Waals surface area contributed by atoms with E-state index in [1.165, 1.54) is 45.1 Å². The van der Waals surface area contributed by atoms with E-state index >= 15 is 0 Å². The molecule has 0 fully saturated rings. The predicted molar refractivity (Wildman–Crippen MR) is 78.0 cm³/mol. The van der Waals surface area contributed by atoms with Crippen molar-refractivity contribution >= 4 is 0 Å². The van der Waals surface area contributed by atoms with Crippen LogP contribution >= 0.6 is 0 Å². The molecular weight excluding hydrogens is 208 g/mol. The Hall–Kier alpha value is -0.760. The van der Waals surface area contributed by atoms with Crippen molar-refractivity contribution < 1.29 is 0 Å². The number of nitrogens with one attached hydrogen (secondary N) is 1. The summed E-state index contributed by atoms with van der Waals surface area (Å²) in [7, 11) is 0. The molecule has 100 valence electrons. The van der Waals surface area contributed by atoms with E-state index in [2.05, 4.69) is 29.9 Å². The second-order valence-corrected chi connectivity index (χ2v) is 4.42. The van der Waals surface area contributed by atoms with Crippen molar-refractivity contribution in [2.75, 3.05) is 19.6 Å². The normalized spacial score (nSPS) is 10.9. The summed E-state index contributed by atoms with van der Waals surface area (Å²) in [5.41, 5.74) is 0. The topological polar surface area (TPSA) is 15.3 Å². The molecule has 0 atom stereocenters. The third-order valence-corrected chi connectivity index (χ3v) is 2.80. The van der Waals surface area contributed by atoms with Gasteiger partial charge in [0.2, 0.25) is 0 Å². The van der Waals surface area contributed by atoms with Gasteiger partial charge in [-0.2, -0.15) is 0 Å². The molecule has 0 bridgehead atoms. The first-order valence-corrected chi connectivity index (χ1v) is 7.07. The highest BCUT2D eigenvalue weighted by atomic mass is 15.1. The van der Waals surface area contributed by atoms with Crippen molar-refractivity contribution in [3.8, 4) is 0 Å². The number of nitrogens with zero attached hydrogens (tertiary/aromatic N) is 1. The second kappa shape index (κ2) is 13.3. The van der Waals surface area contributed by atoms with Gasteiger partial charge in [0.1, 0.15) is 0 Å². The van der Waals surface area contributed by atoms with Gasteiger partial charge >= 0.3 is 0 Å². The molecule has 0 aliphatic heterocycles. The van der Waals surface area contributed by atoms with Crippen LogP contribution in [0.2, 0.25) is 0 Å². The Morgan fingerprint density at radius 3 is 2.41 bits per heavy atom. The van der Waals surface area contributed by atoms with Gasteiger partial charge in [0.25, 0.3) is 0 Å². The maximum absolute atomic E-state index is 3.79. The van der Waals surface area contributed by atoms with Gasteiger partial charge in [-0.1, -0.05) is 45.3 Å². The van der Waals surface area contributed by atoms with Gasteiger partial charge in [0, 0.05) is 6.54 Å². The van der Waals surface area contributed by atoms with Crippen LogP contribution in [0.5, 0.6) is 0 Å². The SMILES string of the molecule is C=CN(/C=C\C)CCCNCCCCCCC. The fraction of sp³-hybridized carbons (Fsp3) is 0.733. The fourth-order valence-electron chi connectivity index (χ4n) is 1.78. The quantitative estimate of drug-likeness (QED) is 0.518. The zero-order valence-electron chi connectivity index (χ0n) is 11.8. The molecule has 0 aliphatic carbocycles. The van der Waals surface area contributed by atoms with E-state index in [1.54, 1.807) is 0 Å². The summed E-state index contributed by atoms with van der Waals surface area (Å²) >= 11 is 0. The molecule has 0 spiro atoms. The van der Waals surface area contributed by atoms with E-state index in [-0.39, 0.29) is 0 Å². The van der Waals surface area contributed by atoms with Crippen LogP contribution in [-0.4, -0.2) is 24.5 Å². The smallest absolute Gasteiger partial charge is 0.0231 e. The predicted octanol–water partition coefficient (Wildman–Crippen LogP) is 3.92. The number of allylic oxidation sites excluding steroid dienone is 1. The summed E-state index contributed by atoms with van der Waals surface area (Å²) in [6.07, 6.45) is 14.0. The van der Waals surface area contributed by atoms with Gasteiger partial charge in [-0.15, -0.1) is 0 Å². The van der Waals surface area contributed by atoms with E-state index in [0.29, 0.717) is 0 Å². The van der Waals surface area contributed by atoms with E-state index < -0.39 is 0 Å². The lowest BCUT2D eigenvalue weighted by Crippen LogP contribution is -2.21. The number of hydrogen-bond donors (Lipinski definition) is 1. The Kier molecular flexibility index (Phi) is 12.7. The summed E-state index contributed by atoms with van der Waals surface area (Å²) in [5, 5.41) is 3.50. The lowest BCUT2D eigenvalue weighted by molar-refractivity contribution is 0.472. The minimum Gasteiger partial charge on any atom is -0.355 e. The molecule has 0 amide bonds. The molecule has 2 nitrogen and oxygen atoms in total. The Bertz CT molecular complexity index is 187. The van der Waals surface area contributed by atoms with Crippen molar-refractivity contribution in [1.82, 2.24) is 10.2 Å². The van der Waals surface area contributed by atoms with Crippen LogP contribution in [0.4, 0.5) is 0 Å². The maximum atomic E-state index is 3.79. The molecule has 0 radical (unpaired) electrons. The van der Waals surface area contributed by atoms with Gasteiger partial charge in [-0.3, -0.25) is 0 Å². The Labute approximate surface area is 108 Å². The molecule has 0 heterocycles. The highest BCUT2D eigenvalue weighted by Gasteiger charge is 1.93. The maximum Gasteiger partial charge on any atom is 0.0231 e. The minimum absolute atomic E-state index is 1.05. The van der Waals surface area contributed by atoms with E-state index in [4.69, 9.17) is 0 Å². The summed E-state index contributed by atoms with van der Waals surface area (Å²) in [4.78, 5) is 2.13. The van der Waals surface area contributed by atoms with Crippen molar-refractivity contribution in [2.24, 2.45) is 0 Å². The molecule has 0 rings (SSSR count). The molecule has 0 saturated carbocycles. The summed E-state index contributed by atoms with van der Waals surface area (Å²) in [5.74, 6) is 0. The molecule has 2 heteroatoms. The van der Waals surface area contributed by atoms with Crippen LogP contribution in [0.3, 0.4) is 0 Å². The minimum atomic E-state index is 1.05. The largest absolute Gasteiger partial charge is 0.355 e. The van der Waals surface area contributed by atoms with Crippen LogP contribution in [0.15, 0.2) is 25.1 Å². The van der Waals surface area contributed by atoms with Crippen LogP contribution < -0.4 is 5.32 Å². The molecule has 1 N–H and O–H groups in total. The number of unbranched alkanes of at least 4 members (excludes halogenated alkanes) is 4. The lowest BCUT2D eigenvalue weighted by Gasteiger charge is -2.14. The van der Waals surface area contributed by atoms with E-state index in [0.717, 1.165) is 13.1 Å². The molecule has 0 aromatic heterocycles. The molecule has 0 aromatic rings.